The van der Waals surface area contributed by atoms with E-state index in [1.54, 1.807) is 19.4 Å². The Morgan fingerprint density at radius 3 is 2.67 bits per heavy atom. The third-order valence-electron chi connectivity index (χ3n) is 3.21. The lowest BCUT2D eigenvalue weighted by molar-refractivity contribution is 0.0193. The Labute approximate surface area is 106 Å². The molecule has 0 aliphatic carbocycles. The van der Waals surface area contributed by atoms with Crippen LogP contribution in [0.4, 0.5) is 0 Å². The number of primary amides is 1. The Balaban J connectivity index is 2.70. The maximum atomic E-state index is 11.4. The predicted octanol–water partition coefficient (Wildman–Crippen LogP) is 2.22. The molecule has 1 aromatic heterocycles. The summed E-state index contributed by atoms with van der Waals surface area (Å²) in [5, 5.41) is 0.757. The molecule has 2 aromatic rings. The normalized spacial score (nSPS) is 11.7. The number of nitrogens with two attached hydrogens (primary N) is 1. The molecule has 0 aliphatic rings. The molecule has 0 saturated carbocycles. The number of fused-ring (bicyclic) bond motifs is 1. The van der Waals surface area contributed by atoms with Crippen molar-refractivity contribution in [1.82, 2.24) is 4.98 Å². The van der Waals surface area contributed by atoms with Crippen molar-refractivity contribution in [3.05, 3.63) is 41.6 Å². The van der Waals surface area contributed by atoms with Crippen LogP contribution in [0.3, 0.4) is 0 Å². The van der Waals surface area contributed by atoms with E-state index in [2.05, 4.69) is 4.98 Å². The van der Waals surface area contributed by atoms with Crippen molar-refractivity contribution >= 4 is 16.8 Å². The standard InChI is InChI=1S/C14H16N2O2/c1-14(2,18-3)9-4-5-12-11(8-9)10(13(15)17)6-7-16-12/h4-8H,1-3H3,(H2,15,17). The van der Waals surface area contributed by atoms with Gasteiger partial charge in [-0.1, -0.05) is 6.07 Å². The number of hydrogen-bond donors (Lipinski definition) is 1. The molecule has 0 fully saturated rings. The number of aromatic nitrogens is 1. The first-order valence-corrected chi connectivity index (χ1v) is 5.70. The largest absolute Gasteiger partial charge is 0.374 e. The number of carbonyl (C=O) groups is 1. The molecule has 1 amide bonds. The first-order chi connectivity index (χ1) is 8.45. The zero-order chi connectivity index (χ0) is 13.3. The van der Waals surface area contributed by atoms with Crippen LogP contribution >= 0.6 is 0 Å². The van der Waals surface area contributed by atoms with E-state index in [1.165, 1.54) is 0 Å². The Bertz CT molecular complexity index is 606. The van der Waals surface area contributed by atoms with E-state index < -0.39 is 11.5 Å². The number of carbonyl (C=O) groups excluding carboxylic acids is 1. The van der Waals surface area contributed by atoms with E-state index >= 15 is 0 Å². The monoisotopic (exact) mass is 244 g/mol. The average Bonchev–Trinajstić information content (AvgIpc) is 2.37. The topological polar surface area (TPSA) is 65.2 Å². The van der Waals surface area contributed by atoms with Crippen molar-refractivity contribution in [3.8, 4) is 0 Å². The van der Waals surface area contributed by atoms with Crippen molar-refractivity contribution in [2.75, 3.05) is 7.11 Å². The summed E-state index contributed by atoms with van der Waals surface area (Å²) in [6.07, 6.45) is 1.59. The fourth-order valence-electron chi connectivity index (χ4n) is 1.85. The number of benzene rings is 1. The smallest absolute Gasteiger partial charge is 0.249 e. The van der Waals surface area contributed by atoms with Gasteiger partial charge in [-0.25, -0.2) is 0 Å². The molecule has 0 bridgehead atoms. The Kier molecular flexibility index (Phi) is 3.05. The van der Waals surface area contributed by atoms with Gasteiger partial charge in [-0.05, 0) is 37.6 Å². The van der Waals surface area contributed by atoms with Gasteiger partial charge >= 0.3 is 0 Å². The molecule has 2 rings (SSSR count). The van der Waals surface area contributed by atoms with Crippen LogP contribution in [0.5, 0.6) is 0 Å². The molecule has 18 heavy (non-hydrogen) atoms. The minimum atomic E-state index is -0.449. The summed E-state index contributed by atoms with van der Waals surface area (Å²) in [4.78, 5) is 15.6. The van der Waals surface area contributed by atoms with Gasteiger partial charge in [-0.3, -0.25) is 9.78 Å². The maximum absolute atomic E-state index is 11.4. The van der Waals surface area contributed by atoms with E-state index in [1.807, 2.05) is 32.0 Å². The van der Waals surface area contributed by atoms with Crippen LogP contribution in [0.25, 0.3) is 10.9 Å². The van der Waals surface area contributed by atoms with Gasteiger partial charge in [0, 0.05) is 18.7 Å². The third-order valence-corrected chi connectivity index (χ3v) is 3.21. The molecule has 0 aliphatic heterocycles. The zero-order valence-corrected chi connectivity index (χ0v) is 10.7. The van der Waals surface area contributed by atoms with Gasteiger partial charge in [-0.15, -0.1) is 0 Å². The lowest BCUT2D eigenvalue weighted by Gasteiger charge is -2.23. The Morgan fingerprint density at radius 1 is 1.33 bits per heavy atom. The summed E-state index contributed by atoms with van der Waals surface area (Å²) in [5.74, 6) is -0.449. The minimum Gasteiger partial charge on any atom is -0.374 e. The van der Waals surface area contributed by atoms with Gasteiger partial charge in [0.15, 0.2) is 0 Å². The van der Waals surface area contributed by atoms with Crippen LogP contribution in [-0.2, 0) is 10.3 Å². The highest BCUT2D eigenvalue weighted by molar-refractivity contribution is 6.05. The Hall–Kier alpha value is -1.94. The van der Waals surface area contributed by atoms with Gasteiger partial charge in [0.05, 0.1) is 16.7 Å². The molecule has 4 heteroatoms. The van der Waals surface area contributed by atoms with E-state index in [-0.39, 0.29) is 0 Å². The van der Waals surface area contributed by atoms with Gasteiger partial charge in [0.2, 0.25) is 5.91 Å². The zero-order valence-electron chi connectivity index (χ0n) is 10.7. The van der Waals surface area contributed by atoms with Crippen LogP contribution < -0.4 is 5.73 Å². The lowest BCUT2D eigenvalue weighted by atomic mass is 9.95. The fourth-order valence-corrected chi connectivity index (χ4v) is 1.85. The second kappa shape index (κ2) is 4.38. The molecule has 0 unspecified atom stereocenters. The van der Waals surface area contributed by atoms with E-state index in [9.17, 15) is 4.79 Å². The summed E-state index contributed by atoms with van der Waals surface area (Å²) in [5.41, 5.74) is 7.17. The minimum absolute atomic E-state index is 0.418. The number of amides is 1. The quantitative estimate of drug-likeness (QED) is 0.900. The van der Waals surface area contributed by atoms with E-state index in [0.717, 1.165) is 16.5 Å². The summed E-state index contributed by atoms with van der Waals surface area (Å²) in [6, 6.07) is 7.36. The highest BCUT2D eigenvalue weighted by Gasteiger charge is 2.20. The van der Waals surface area contributed by atoms with Crippen molar-refractivity contribution in [2.24, 2.45) is 5.73 Å². The summed E-state index contributed by atoms with van der Waals surface area (Å²) in [6.45, 7) is 3.93. The highest BCUT2D eigenvalue weighted by Crippen LogP contribution is 2.27. The summed E-state index contributed by atoms with van der Waals surface area (Å²) >= 11 is 0. The number of methoxy groups -OCH3 is 1. The lowest BCUT2D eigenvalue weighted by Crippen LogP contribution is -2.19. The second-order valence-corrected chi connectivity index (χ2v) is 4.67. The highest BCUT2D eigenvalue weighted by atomic mass is 16.5. The molecular formula is C14H16N2O2. The second-order valence-electron chi connectivity index (χ2n) is 4.67. The van der Waals surface area contributed by atoms with Crippen LogP contribution in [0.15, 0.2) is 30.5 Å². The molecule has 0 radical (unpaired) electrons. The molecule has 0 saturated heterocycles. The third kappa shape index (κ3) is 2.07. The van der Waals surface area contributed by atoms with Crippen molar-refractivity contribution in [2.45, 2.75) is 19.4 Å². The predicted molar refractivity (Wildman–Crippen MR) is 70.3 cm³/mol. The van der Waals surface area contributed by atoms with Gasteiger partial charge in [0.25, 0.3) is 0 Å². The summed E-state index contributed by atoms with van der Waals surface area (Å²) in [7, 11) is 1.66. The van der Waals surface area contributed by atoms with Crippen LogP contribution in [-0.4, -0.2) is 18.0 Å². The number of pyridine rings is 1. The van der Waals surface area contributed by atoms with Crippen LogP contribution in [0.1, 0.15) is 29.8 Å². The average molecular weight is 244 g/mol. The van der Waals surface area contributed by atoms with Crippen molar-refractivity contribution < 1.29 is 9.53 Å². The van der Waals surface area contributed by atoms with Crippen molar-refractivity contribution in [3.63, 3.8) is 0 Å². The SMILES string of the molecule is COC(C)(C)c1ccc2nccc(C(N)=O)c2c1. The van der Waals surface area contributed by atoms with Crippen LogP contribution in [0.2, 0.25) is 0 Å². The molecule has 4 nitrogen and oxygen atoms in total. The van der Waals surface area contributed by atoms with Crippen LogP contribution in [0, 0.1) is 0 Å². The first kappa shape index (κ1) is 12.5. The first-order valence-electron chi connectivity index (χ1n) is 5.70. The number of ether oxygens (including phenoxy) is 1. The molecular weight excluding hydrogens is 228 g/mol. The molecule has 1 aromatic carbocycles. The number of nitrogens with zero attached hydrogens (tertiary/aromatic N) is 1. The summed E-state index contributed by atoms with van der Waals surface area (Å²) < 4.78 is 5.44. The maximum Gasteiger partial charge on any atom is 0.249 e. The fraction of sp³-hybridized carbons (Fsp3) is 0.286. The van der Waals surface area contributed by atoms with Crippen molar-refractivity contribution in [1.29, 1.82) is 0 Å². The van der Waals surface area contributed by atoms with Gasteiger partial charge in [0.1, 0.15) is 0 Å². The van der Waals surface area contributed by atoms with E-state index in [4.69, 9.17) is 10.5 Å². The molecule has 0 spiro atoms. The van der Waals surface area contributed by atoms with Gasteiger partial charge in [-0.2, -0.15) is 0 Å². The molecule has 94 valence electrons. The number of rotatable bonds is 3. The van der Waals surface area contributed by atoms with E-state index in [0.29, 0.717) is 5.56 Å². The Morgan fingerprint density at radius 2 is 2.06 bits per heavy atom. The molecule has 0 atom stereocenters. The van der Waals surface area contributed by atoms with Gasteiger partial charge < -0.3 is 10.5 Å². The molecule has 2 N–H and O–H groups in total. The molecule has 1 heterocycles. The number of hydrogen-bond acceptors (Lipinski definition) is 3.